The average molecular weight is 336 g/mol. The van der Waals surface area contributed by atoms with Gasteiger partial charge in [-0.2, -0.15) is 0 Å². The van der Waals surface area contributed by atoms with Crippen LogP contribution in [-0.4, -0.2) is 66.5 Å². The molecule has 0 saturated heterocycles. The predicted octanol–water partition coefficient (Wildman–Crippen LogP) is 0.890. The highest BCUT2D eigenvalue weighted by Crippen LogP contribution is 2.14. The van der Waals surface area contributed by atoms with E-state index in [0.29, 0.717) is 26.2 Å². The lowest BCUT2D eigenvalue weighted by atomic mass is 10.2. The van der Waals surface area contributed by atoms with Gasteiger partial charge in [0.2, 0.25) is 5.91 Å². The van der Waals surface area contributed by atoms with Gasteiger partial charge in [0.15, 0.2) is 0 Å². The van der Waals surface area contributed by atoms with E-state index in [1.165, 1.54) is 6.08 Å². The zero-order valence-electron chi connectivity index (χ0n) is 14.4. The van der Waals surface area contributed by atoms with Crippen molar-refractivity contribution in [1.29, 1.82) is 0 Å². The maximum absolute atomic E-state index is 11.8. The molecule has 1 aromatic carbocycles. The summed E-state index contributed by atoms with van der Waals surface area (Å²) in [6.45, 7) is 6.02. The maximum Gasteiger partial charge on any atom is 0.244 e. The van der Waals surface area contributed by atoms with Crippen LogP contribution < -0.4 is 10.1 Å². The number of carbonyl (C=O) groups excluding carboxylic acids is 1. The van der Waals surface area contributed by atoms with Crippen LogP contribution in [0.15, 0.2) is 30.3 Å². The number of nitrogens with one attached hydrogen (secondary N) is 1. The summed E-state index contributed by atoms with van der Waals surface area (Å²) in [6.07, 6.45) is 3.36. The molecule has 134 valence electrons. The van der Waals surface area contributed by atoms with Gasteiger partial charge in [0.1, 0.15) is 5.75 Å². The van der Waals surface area contributed by atoms with Crippen LogP contribution in [0.5, 0.6) is 5.75 Å². The largest absolute Gasteiger partial charge is 0.491 e. The Morgan fingerprint density at radius 2 is 1.79 bits per heavy atom. The predicted molar refractivity (Wildman–Crippen MR) is 94.9 cm³/mol. The first-order valence-corrected chi connectivity index (χ1v) is 8.22. The maximum atomic E-state index is 11.8. The summed E-state index contributed by atoms with van der Waals surface area (Å²) in [5.41, 5.74) is 0.920. The first kappa shape index (κ1) is 20.2. The molecule has 6 heteroatoms. The number of benzene rings is 1. The van der Waals surface area contributed by atoms with Crippen LogP contribution in [0.4, 0.5) is 0 Å². The van der Waals surface area contributed by atoms with Gasteiger partial charge in [-0.05, 0) is 37.6 Å². The molecule has 0 spiro atoms. The minimum absolute atomic E-state index is 0.0321. The SMILES string of the molecule is CC(C)Oc1ccc(/C=C/C(=O)NCCN(CCO)CCO)cc1. The third-order valence-corrected chi connectivity index (χ3v) is 3.24. The van der Waals surface area contributed by atoms with Crippen molar-refractivity contribution in [2.75, 3.05) is 39.4 Å². The van der Waals surface area contributed by atoms with Crippen molar-refractivity contribution in [2.45, 2.75) is 20.0 Å². The van der Waals surface area contributed by atoms with E-state index in [1.54, 1.807) is 6.08 Å². The van der Waals surface area contributed by atoms with Crippen LogP contribution in [0.2, 0.25) is 0 Å². The molecular formula is C18H28N2O4. The molecule has 0 aliphatic rings. The molecular weight excluding hydrogens is 308 g/mol. The van der Waals surface area contributed by atoms with Crippen molar-refractivity contribution in [3.05, 3.63) is 35.9 Å². The summed E-state index contributed by atoms with van der Waals surface area (Å²) < 4.78 is 5.57. The molecule has 0 heterocycles. The Kier molecular flexibility index (Phi) is 9.76. The van der Waals surface area contributed by atoms with Gasteiger partial charge in [-0.15, -0.1) is 0 Å². The average Bonchev–Trinajstić information content (AvgIpc) is 2.54. The van der Waals surface area contributed by atoms with E-state index in [2.05, 4.69) is 5.32 Å². The molecule has 24 heavy (non-hydrogen) atoms. The lowest BCUT2D eigenvalue weighted by Gasteiger charge is -2.19. The first-order chi connectivity index (χ1) is 11.5. The normalized spacial score (nSPS) is 11.4. The van der Waals surface area contributed by atoms with Crippen molar-refractivity contribution >= 4 is 12.0 Å². The molecule has 1 aromatic rings. The molecule has 0 aliphatic heterocycles. The van der Waals surface area contributed by atoms with Gasteiger partial charge in [0, 0.05) is 32.3 Å². The van der Waals surface area contributed by atoms with Crippen molar-refractivity contribution in [3.8, 4) is 5.75 Å². The Bertz CT molecular complexity index is 494. The van der Waals surface area contributed by atoms with Gasteiger partial charge in [0.05, 0.1) is 19.3 Å². The van der Waals surface area contributed by atoms with E-state index >= 15 is 0 Å². The number of nitrogens with zero attached hydrogens (tertiary/aromatic N) is 1. The zero-order chi connectivity index (χ0) is 17.8. The molecule has 3 N–H and O–H groups in total. The van der Waals surface area contributed by atoms with E-state index < -0.39 is 0 Å². The minimum atomic E-state index is -0.176. The Balaban J connectivity index is 2.37. The van der Waals surface area contributed by atoms with Crippen LogP contribution in [-0.2, 0) is 4.79 Å². The standard InChI is InChI=1S/C18H28N2O4/c1-15(2)24-17-6-3-16(4-7-17)5-8-18(23)19-9-10-20(11-13-21)12-14-22/h3-8,15,21-22H,9-14H2,1-2H3,(H,19,23)/b8-5+. The van der Waals surface area contributed by atoms with E-state index in [9.17, 15) is 4.79 Å². The van der Waals surface area contributed by atoms with E-state index in [4.69, 9.17) is 14.9 Å². The number of hydrogen-bond donors (Lipinski definition) is 3. The topological polar surface area (TPSA) is 82.0 Å². The molecule has 0 saturated carbocycles. The summed E-state index contributed by atoms with van der Waals surface area (Å²) in [4.78, 5) is 13.7. The fraction of sp³-hybridized carbons (Fsp3) is 0.500. The summed E-state index contributed by atoms with van der Waals surface area (Å²) in [7, 11) is 0. The van der Waals surface area contributed by atoms with E-state index in [-0.39, 0.29) is 25.2 Å². The number of aliphatic hydroxyl groups excluding tert-OH is 2. The van der Waals surface area contributed by atoms with Gasteiger partial charge in [-0.25, -0.2) is 0 Å². The second kappa shape index (κ2) is 11.6. The van der Waals surface area contributed by atoms with Gasteiger partial charge in [-0.1, -0.05) is 12.1 Å². The molecule has 0 unspecified atom stereocenters. The molecule has 0 fully saturated rings. The summed E-state index contributed by atoms with van der Waals surface area (Å²) in [5.74, 6) is 0.630. The Morgan fingerprint density at radius 1 is 1.17 bits per heavy atom. The lowest BCUT2D eigenvalue weighted by Crippen LogP contribution is -2.37. The Hall–Kier alpha value is -1.89. The molecule has 0 radical (unpaired) electrons. The van der Waals surface area contributed by atoms with Crippen molar-refractivity contribution in [3.63, 3.8) is 0 Å². The molecule has 0 atom stereocenters. The number of aliphatic hydroxyl groups is 2. The fourth-order valence-corrected chi connectivity index (χ4v) is 2.12. The highest BCUT2D eigenvalue weighted by Gasteiger charge is 2.03. The van der Waals surface area contributed by atoms with Crippen molar-refractivity contribution < 1.29 is 19.7 Å². The second-order valence-electron chi connectivity index (χ2n) is 5.65. The molecule has 0 aliphatic carbocycles. The second-order valence-corrected chi connectivity index (χ2v) is 5.65. The van der Waals surface area contributed by atoms with Crippen LogP contribution in [0, 0.1) is 0 Å². The van der Waals surface area contributed by atoms with Gasteiger partial charge >= 0.3 is 0 Å². The van der Waals surface area contributed by atoms with E-state index in [0.717, 1.165) is 11.3 Å². The van der Waals surface area contributed by atoms with Gasteiger partial charge in [0.25, 0.3) is 0 Å². The van der Waals surface area contributed by atoms with Crippen LogP contribution in [0.3, 0.4) is 0 Å². The first-order valence-electron chi connectivity index (χ1n) is 8.22. The Labute approximate surface area is 143 Å². The fourth-order valence-electron chi connectivity index (χ4n) is 2.12. The van der Waals surface area contributed by atoms with Crippen LogP contribution in [0.1, 0.15) is 19.4 Å². The van der Waals surface area contributed by atoms with Crippen LogP contribution >= 0.6 is 0 Å². The zero-order valence-corrected chi connectivity index (χ0v) is 14.4. The summed E-state index contributed by atoms with van der Waals surface area (Å²) >= 11 is 0. The molecule has 1 rings (SSSR count). The number of ether oxygens (including phenoxy) is 1. The molecule has 1 amide bonds. The molecule has 0 aromatic heterocycles. The highest BCUT2D eigenvalue weighted by atomic mass is 16.5. The number of hydrogen-bond acceptors (Lipinski definition) is 5. The van der Waals surface area contributed by atoms with E-state index in [1.807, 2.05) is 43.0 Å². The van der Waals surface area contributed by atoms with Crippen molar-refractivity contribution in [2.24, 2.45) is 0 Å². The van der Waals surface area contributed by atoms with Gasteiger partial charge in [-0.3, -0.25) is 9.69 Å². The third-order valence-electron chi connectivity index (χ3n) is 3.24. The Morgan fingerprint density at radius 3 is 2.33 bits per heavy atom. The lowest BCUT2D eigenvalue weighted by molar-refractivity contribution is -0.116. The third kappa shape index (κ3) is 8.67. The molecule has 6 nitrogen and oxygen atoms in total. The van der Waals surface area contributed by atoms with Gasteiger partial charge < -0.3 is 20.3 Å². The summed E-state index contributed by atoms with van der Waals surface area (Å²) in [5, 5.41) is 20.6. The number of amides is 1. The quantitative estimate of drug-likeness (QED) is 0.523. The number of rotatable bonds is 11. The van der Waals surface area contributed by atoms with Crippen LogP contribution in [0.25, 0.3) is 6.08 Å². The highest BCUT2D eigenvalue weighted by molar-refractivity contribution is 5.91. The molecule has 0 bridgehead atoms. The smallest absolute Gasteiger partial charge is 0.244 e. The number of carbonyl (C=O) groups is 1. The minimum Gasteiger partial charge on any atom is -0.491 e. The summed E-state index contributed by atoms with van der Waals surface area (Å²) in [6, 6.07) is 7.54. The monoisotopic (exact) mass is 336 g/mol. The van der Waals surface area contributed by atoms with Crippen molar-refractivity contribution in [1.82, 2.24) is 10.2 Å².